The average molecular weight is 428 g/mol. The zero-order valence-electron chi connectivity index (χ0n) is 18.3. The molecule has 0 amide bonds. The minimum Gasteiger partial charge on any atom is -0.493 e. The van der Waals surface area contributed by atoms with Crippen LogP contribution >= 0.6 is 0 Å². The van der Waals surface area contributed by atoms with Gasteiger partial charge in [-0.2, -0.15) is 5.10 Å². The van der Waals surface area contributed by atoms with Gasteiger partial charge in [0.2, 0.25) is 0 Å². The van der Waals surface area contributed by atoms with Crippen molar-refractivity contribution in [2.24, 2.45) is 0 Å². The third-order valence-corrected chi connectivity index (χ3v) is 4.86. The van der Waals surface area contributed by atoms with Crippen molar-refractivity contribution in [3.63, 3.8) is 0 Å². The summed E-state index contributed by atoms with van der Waals surface area (Å²) in [6.45, 7) is 1.75. The molecule has 0 N–H and O–H groups in total. The van der Waals surface area contributed by atoms with Gasteiger partial charge in [0.1, 0.15) is 0 Å². The van der Waals surface area contributed by atoms with E-state index in [0.29, 0.717) is 28.6 Å². The van der Waals surface area contributed by atoms with Gasteiger partial charge in [0.25, 0.3) is 6.43 Å². The Morgan fingerprint density at radius 3 is 2.39 bits per heavy atom. The zero-order valence-corrected chi connectivity index (χ0v) is 18.3. The molecule has 4 aromatic rings. The molecule has 9 heteroatoms. The van der Waals surface area contributed by atoms with Gasteiger partial charge in [-0.15, -0.1) is 0 Å². The molecule has 0 atom stereocenters. The maximum absolute atomic E-state index is 13.6. The van der Waals surface area contributed by atoms with E-state index >= 15 is 0 Å². The lowest BCUT2D eigenvalue weighted by atomic mass is 10.1. The van der Waals surface area contributed by atoms with Gasteiger partial charge >= 0.3 is 0 Å². The molecular formula is C22H26F2N6O. The highest BCUT2D eigenvalue weighted by Gasteiger charge is 2.27. The summed E-state index contributed by atoms with van der Waals surface area (Å²) in [6, 6.07) is 3.18. The monoisotopic (exact) mass is 428 g/mol. The quantitative estimate of drug-likeness (QED) is 0.484. The van der Waals surface area contributed by atoms with E-state index < -0.39 is 6.43 Å². The molecular weight excluding hydrogens is 402 g/mol. The van der Waals surface area contributed by atoms with Crippen molar-refractivity contribution < 1.29 is 13.5 Å². The number of fused-ring (bicyclic) bond motifs is 2. The molecule has 0 unspecified atom stereocenters. The molecule has 1 aliphatic rings. The van der Waals surface area contributed by atoms with Crippen LogP contribution in [0.4, 0.5) is 8.78 Å². The molecule has 0 radical (unpaired) electrons. The van der Waals surface area contributed by atoms with Crippen LogP contribution in [0.1, 0.15) is 42.1 Å². The Labute approximate surface area is 179 Å². The zero-order chi connectivity index (χ0) is 22.3. The number of rotatable bonds is 4. The number of imidazole rings is 2. The number of pyridine rings is 1. The van der Waals surface area contributed by atoms with Crippen LogP contribution in [0.15, 0.2) is 30.7 Å². The summed E-state index contributed by atoms with van der Waals surface area (Å²) in [6.07, 6.45) is 5.13. The first kappa shape index (κ1) is 21.2. The highest BCUT2D eigenvalue weighted by atomic mass is 19.3. The van der Waals surface area contributed by atoms with Crippen molar-refractivity contribution in [3.8, 4) is 17.0 Å². The van der Waals surface area contributed by atoms with E-state index in [-0.39, 0.29) is 11.2 Å². The van der Waals surface area contributed by atoms with E-state index in [0.717, 1.165) is 24.2 Å². The first-order chi connectivity index (χ1) is 14.8. The summed E-state index contributed by atoms with van der Waals surface area (Å²) in [5.41, 5.74) is 3.53. The number of halogens is 2. The van der Waals surface area contributed by atoms with Crippen molar-refractivity contribution in [1.29, 1.82) is 0 Å². The average Bonchev–Trinajstić information content (AvgIpc) is 3.35. The highest BCUT2D eigenvalue weighted by molar-refractivity contribution is 5.69. The topological polar surface area (TPSA) is 60.0 Å². The van der Waals surface area contributed by atoms with Crippen LogP contribution in [0, 0.1) is 6.92 Å². The van der Waals surface area contributed by atoms with Crippen molar-refractivity contribution in [1.82, 2.24) is 28.9 Å². The molecule has 164 valence electrons. The number of methoxy groups -OCH3 is 1. The Hall–Kier alpha value is -3.07. The van der Waals surface area contributed by atoms with E-state index in [1.54, 1.807) is 26.3 Å². The number of alkyl halides is 2. The van der Waals surface area contributed by atoms with Crippen LogP contribution in [-0.4, -0.2) is 57.1 Å². The van der Waals surface area contributed by atoms with Gasteiger partial charge in [0.05, 0.1) is 36.0 Å². The molecule has 4 aromatic heterocycles. The first-order valence-corrected chi connectivity index (χ1v) is 10.1. The Bertz CT molecular complexity index is 1220. The van der Waals surface area contributed by atoms with Gasteiger partial charge in [-0.3, -0.25) is 0 Å². The van der Waals surface area contributed by atoms with Gasteiger partial charge < -0.3 is 14.0 Å². The first-order valence-electron chi connectivity index (χ1n) is 10.1. The number of ether oxygens (including phenoxy) is 1. The van der Waals surface area contributed by atoms with Crippen molar-refractivity contribution in [2.75, 3.05) is 28.3 Å². The van der Waals surface area contributed by atoms with Gasteiger partial charge in [-0.05, 0) is 53.0 Å². The molecule has 0 saturated heterocycles. The number of aromatic nitrogens is 5. The van der Waals surface area contributed by atoms with Crippen LogP contribution in [0.2, 0.25) is 0 Å². The summed E-state index contributed by atoms with van der Waals surface area (Å²) >= 11 is 0. The lowest BCUT2D eigenvalue weighted by Gasteiger charge is -2.09. The largest absolute Gasteiger partial charge is 0.493 e. The standard InChI is InChI=1S/C19H17F2N5O.C3H9N/c1-10-7-26-18(22-10)13(17(20)21)6-14(24-26)12-5-16(27-2)19-23-15(11-3-4-11)9-25(19)8-12;1-4(2)3/h5-9,11,17H,3-4H2,1-2H3;1-3H3. The number of hydrogen-bond acceptors (Lipinski definition) is 5. The highest BCUT2D eigenvalue weighted by Crippen LogP contribution is 2.40. The number of hydrogen-bond donors (Lipinski definition) is 0. The predicted octanol–water partition coefficient (Wildman–Crippen LogP) is 4.35. The maximum atomic E-state index is 13.6. The maximum Gasteiger partial charge on any atom is 0.267 e. The van der Waals surface area contributed by atoms with Crippen LogP contribution in [0.3, 0.4) is 0 Å². The molecule has 0 aromatic carbocycles. The van der Waals surface area contributed by atoms with E-state index in [1.807, 2.05) is 42.8 Å². The summed E-state index contributed by atoms with van der Waals surface area (Å²) in [4.78, 5) is 10.8. The number of nitrogens with zero attached hydrogens (tertiary/aromatic N) is 6. The summed E-state index contributed by atoms with van der Waals surface area (Å²) in [5, 5.41) is 4.48. The minimum absolute atomic E-state index is 0.142. The third kappa shape index (κ3) is 4.36. The van der Waals surface area contributed by atoms with Crippen LogP contribution in [0.5, 0.6) is 5.75 Å². The second-order valence-corrected chi connectivity index (χ2v) is 8.25. The summed E-state index contributed by atoms with van der Waals surface area (Å²) < 4.78 is 35.9. The molecule has 0 bridgehead atoms. The number of aryl methyl sites for hydroxylation is 1. The summed E-state index contributed by atoms with van der Waals surface area (Å²) in [7, 11) is 7.57. The minimum atomic E-state index is -2.64. The molecule has 1 fully saturated rings. The van der Waals surface area contributed by atoms with E-state index in [9.17, 15) is 8.78 Å². The lowest BCUT2D eigenvalue weighted by molar-refractivity contribution is 0.152. The Balaban J connectivity index is 0.000000535. The van der Waals surface area contributed by atoms with Crippen molar-refractivity contribution >= 4 is 11.3 Å². The fourth-order valence-electron chi connectivity index (χ4n) is 3.37. The van der Waals surface area contributed by atoms with Gasteiger partial charge in [-0.25, -0.2) is 23.3 Å². The predicted molar refractivity (Wildman–Crippen MR) is 115 cm³/mol. The fraction of sp³-hybridized carbons (Fsp3) is 0.409. The molecule has 1 aliphatic carbocycles. The fourth-order valence-corrected chi connectivity index (χ4v) is 3.37. The Morgan fingerprint density at radius 1 is 1.06 bits per heavy atom. The second-order valence-electron chi connectivity index (χ2n) is 8.25. The van der Waals surface area contributed by atoms with Crippen LogP contribution in [0.25, 0.3) is 22.6 Å². The second kappa shape index (κ2) is 8.22. The molecule has 5 rings (SSSR count). The molecule has 7 nitrogen and oxygen atoms in total. The smallest absolute Gasteiger partial charge is 0.267 e. The van der Waals surface area contributed by atoms with E-state index in [1.165, 1.54) is 10.6 Å². The Kier molecular flexibility index (Phi) is 5.62. The molecule has 0 aliphatic heterocycles. The van der Waals surface area contributed by atoms with E-state index in [2.05, 4.69) is 15.1 Å². The molecule has 31 heavy (non-hydrogen) atoms. The van der Waals surface area contributed by atoms with Crippen molar-refractivity contribution in [3.05, 3.63) is 47.7 Å². The SMILES string of the molecule is CN(C)C.COc1cc(-c2cc(C(F)F)c3nc(C)cn3n2)cn2cc(C3CC3)nc12. The van der Waals surface area contributed by atoms with E-state index in [4.69, 9.17) is 4.74 Å². The molecule has 1 saturated carbocycles. The van der Waals surface area contributed by atoms with Crippen LogP contribution < -0.4 is 4.74 Å². The molecule has 4 heterocycles. The third-order valence-electron chi connectivity index (χ3n) is 4.86. The lowest BCUT2D eigenvalue weighted by Crippen LogP contribution is -2.01. The normalized spacial score (nSPS) is 13.8. The van der Waals surface area contributed by atoms with Crippen LogP contribution in [-0.2, 0) is 0 Å². The molecule has 0 spiro atoms. The van der Waals surface area contributed by atoms with Gasteiger partial charge in [0, 0.05) is 23.9 Å². The van der Waals surface area contributed by atoms with Gasteiger partial charge in [0.15, 0.2) is 17.0 Å². The van der Waals surface area contributed by atoms with Gasteiger partial charge in [-0.1, -0.05) is 0 Å². The van der Waals surface area contributed by atoms with Crippen molar-refractivity contribution in [2.45, 2.75) is 32.1 Å². The Morgan fingerprint density at radius 2 is 1.77 bits per heavy atom. The summed E-state index contributed by atoms with van der Waals surface area (Å²) in [5.74, 6) is 1.09.